The molecule has 102 valence electrons. The molecular formula is C8H15N5O4S. The molecule has 1 heterocycles. The minimum absolute atomic E-state index is 0.0565. The molecule has 1 aromatic heterocycles. The normalized spacial score (nSPS) is 11.6. The Kier molecular flexibility index (Phi) is 4.62. The summed E-state index contributed by atoms with van der Waals surface area (Å²) in [4.78, 5) is 15.0. The Hall–Kier alpha value is -1.68. The number of nitrogens with zero attached hydrogens (tertiary/aromatic N) is 3. The van der Waals surface area contributed by atoms with Gasteiger partial charge in [0.25, 0.3) is 0 Å². The Morgan fingerprint density at radius 1 is 1.56 bits per heavy atom. The summed E-state index contributed by atoms with van der Waals surface area (Å²) in [6.45, 7) is 3.30. The zero-order valence-electron chi connectivity index (χ0n) is 10.3. The molecule has 0 fully saturated rings. The predicted molar refractivity (Wildman–Crippen MR) is 61.7 cm³/mol. The number of aryl methyl sites for hydroxylation is 1. The third-order valence-corrected chi connectivity index (χ3v) is 3.28. The molecule has 1 rings (SSSR count). The van der Waals surface area contributed by atoms with Crippen LogP contribution >= 0.6 is 0 Å². The van der Waals surface area contributed by atoms with Gasteiger partial charge in [-0.05, 0) is 13.8 Å². The molecule has 0 aliphatic carbocycles. The molecule has 0 aliphatic heterocycles. The van der Waals surface area contributed by atoms with Crippen LogP contribution < -0.4 is 4.72 Å². The highest BCUT2D eigenvalue weighted by molar-refractivity contribution is 7.87. The third kappa shape index (κ3) is 3.96. The van der Waals surface area contributed by atoms with Gasteiger partial charge in [-0.2, -0.15) is 17.8 Å². The summed E-state index contributed by atoms with van der Waals surface area (Å²) in [5, 5.41) is 6.39. The smallest absolute Gasteiger partial charge is 0.421 e. The average molecular weight is 277 g/mol. The minimum Gasteiger partial charge on any atom is -0.449 e. The number of nitrogens with one attached hydrogen (secondary N) is 2. The Balaban J connectivity index is 2.64. The summed E-state index contributed by atoms with van der Waals surface area (Å²) in [7, 11) is -2.66. The number of aromatic nitrogens is 3. The van der Waals surface area contributed by atoms with Crippen LogP contribution in [0.4, 0.5) is 4.79 Å². The second kappa shape index (κ2) is 5.78. The van der Waals surface area contributed by atoms with E-state index in [1.807, 2.05) is 0 Å². The van der Waals surface area contributed by atoms with E-state index in [2.05, 4.69) is 19.9 Å². The molecule has 2 N–H and O–H groups in total. The first-order chi connectivity index (χ1) is 8.35. The van der Waals surface area contributed by atoms with Crippen molar-refractivity contribution in [2.75, 3.05) is 13.7 Å². The first kappa shape index (κ1) is 14.4. The van der Waals surface area contributed by atoms with Crippen molar-refractivity contribution in [2.45, 2.75) is 20.4 Å². The van der Waals surface area contributed by atoms with Gasteiger partial charge in [0.05, 0.1) is 13.2 Å². The van der Waals surface area contributed by atoms with Crippen molar-refractivity contribution >= 4 is 16.3 Å². The average Bonchev–Trinajstić information content (AvgIpc) is 2.63. The summed E-state index contributed by atoms with van der Waals surface area (Å²) in [6, 6.07) is 0. The van der Waals surface area contributed by atoms with E-state index < -0.39 is 16.3 Å². The highest BCUT2D eigenvalue weighted by atomic mass is 32.2. The minimum atomic E-state index is -3.96. The Labute approximate surface area is 105 Å². The van der Waals surface area contributed by atoms with Crippen molar-refractivity contribution in [2.24, 2.45) is 0 Å². The Bertz CT molecular complexity index is 511. The summed E-state index contributed by atoms with van der Waals surface area (Å²) in [6.07, 6.45) is -1.02. The van der Waals surface area contributed by atoms with Crippen LogP contribution in [-0.2, 0) is 21.5 Å². The maximum absolute atomic E-state index is 11.7. The lowest BCUT2D eigenvalue weighted by Gasteiger charge is -2.15. The van der Waals surface area contributed by atoms with Crippen LogP contribution in [0.15, 0.2) is 0 Å². The van der Waals surface area contributed by atoms with E-state index in [4.69, 9.17) is 0 Å². The van der Waals surface area contributed by atoms with Gasteiger partial charge in [0.2, 0.25) is 0 Å². The fourth-order valence-electron chi connectivity index (χ4n) is 1.09. The van der Waals surface area contributed by atoms with Crippen LogP contribution in [0.25, 0.3) is 0 Å². The van der Waals surface area contributed by atoms with Gasteiger partial charge in [-0.3, -0.25) is 5.10 Å². The summed E-state index contributed by atoms with van der Waals surface area (Å²) in [5.41, 5.74) is 0. The van der Waals surface area contributed by atoms with Crippen molar-refractivity contribution in [3.05, 3.63) is 11.6 Å². The summed E-state index contributed by atoms with van der Waals surface area (Å²) in [5.74, 6) is 0.887. The number of rotatable bonds is 5. The molecular weight excluding hydrogens is 262 g/mol. The van der Waals surface area contributed by atoms with E-state index in [1.54, 1.807) is 18.6 Å². The van der Waals surface area contributed by atoms with Gasteiger partial charge in [-0.1, -0.05) is 0 Å². The largest absolute Gasteiger partial charge is 0.449 e. The topological polar surface area (TPSA) is 117 Å². The maximum Gasteiger partial charge on any atom is 0.421 e. The predicted octanol–water partition coefficient (Wildman–Crippen LogP) is -0.464. The molecule has 9 nitrogen and oxygen atoms in total. The van der Waals surface area contributed by atoms with Crippen LogP contribution in [0.1, 0.15) is 18.6 Å². The van der Waals surface area contributed by atoms with Gasteiger partial charge < -0.3 is 4.74 Å². The third-order valence-electron chi connectivity index (χ3n) is 1.91. The van der Waals surface area contributed by atoms with Crippen molar-refractivity contribution in [3.8, 4) is 0 Å². The number of ether oxygens (including phenoxy) is 1. The summed E-state index contributed by atoms with van der Waals surface area (Å²) >= 11 is 0. The number of amides is 1. The number of hydrogen-bond acceptors (Lipinski definition) is 6. The number of carbonyl (C=O) groups excluding carboxylic acids is 1. The SMILES string of the molecule is CCOC(=O)NS(=O)(=O)N(C)Cc1n[nH]c(C)n1. The fourth-order valence-corrected chi connectivity index (χ4v) is 1.80. The van der Waals surface area contributed by atoms with Gasteiger partial charge in [0, 0.05) is 7.05 Å². The van der Waals surface area contributed by atoms with E-state index in [9.17, 15) is 13.2 Å². The van der Waals surface area contributed by atoms with Crippen LogP contribution in [0.5, 0.6) is 0 Å². The van der Waals surface area contributed by atoms with Crippen LogP contribution in [0, 0.1) is 6.92 Å². The van der Waals surface area contributed by atoms with Crippen molar-refractivity contribution in [1.29, 1.82) is 0 Å². The second-order valence-electron chi connectivity index (χ2n) is 3.42. The van der Waals surface area contributed by atoms with Crippen molar-refractivity contribution < 1.29 is 17.9 Å². The molecule has 0 spiro atoms. The highest BCUT2D eigenvalue weighted by Gasteiger charge is 2.22. The van der Waals surface area contributed by atoms with Gasteiger partial charge in [-0.25, -0.2) is 14.5 Å². The fraction of sp³-hybridized carbons (Fsp3) is 0.625. The van der Waals surface area contributed by atoms with Crippen molar-refractivity contribution in [1.82, 2.24) is 24.2 Å². The zero-order valence-corrected chi connectivity index (χ0v) is 11.1. The molecule has 1 amide bonds. The highest BCUT2D eigenvalue weighted by Crippen LogP contribution is 2.01. The van der Waals surface area contributed by atoms with E-state index in [1.165, 1.54) is 7.05 Å². The van der Waals surface area contributed by atoms with Gasteiger partial charge >= 0.3 is 16.3 Å². The number of aromatic amines is 1. The zero-order chi connectivity index (χ0) is 13.8. The first-order valence-corrected chi connectivity index (χ1v) is 6.58. The van der Waals surface area contributed by atoms with Gasteiger partial charge in [-0.15, -0.1) is 0 Å². The van der Waals surface area contributed by atoms with Gasteiger partial charge in [0.1, 0.15) is 5.82 Å². The van der Waals surface area contributed by atoms with E-state index in [0.29, 0.717) is 11.6 Å². The lowest BCUT2D eigenvalue weighted by Crippen LogP contribution is -2.41. The molecule has 0 bridgehead atoms. The standard InChI is InChI=1S/C8H15N5O4S/c1-4-17-8(14)12-18(15,16)13(3)5-7-9-6(2)10-11-7/h4-5H2,1-3H3,(H,12,14)(H,9,10,11). The number of hydrogen-bond donors (Lipinski definition) is 2. The molecule has 0 atom stereocenters. The molecule has 10 heteroatoms. The molecule has 0 aromatic carbocycles. The first-order valence-electron chi connectivity index (χ1n) is 5.14. The molecule has 0 aliphatic rings. The monoisotopic (exact) mass is 277 g/mol. The van der Waals surface area contributed by atoms with Crippen LogP contribution in [0.3, 0.4) is 0 Å². The van der Waals surface area contributed by atoms with Crippen molar-refractivity contribution in [3.63, 3.8) is 0 Å². The lowest BCUT2D eigenvalue weighted by molar-refractivity contribution is 0.158. The summed E-state index contributed by atoms with van der Waals surface area (Å²) < 4.78 is 30.5. The van der Waals surface area contributed by atoms with E-state index in [0.717, 1.165) is 4.31 Å². The second-order valence-corrected chi connectivity index (χ2v) is 5.20. The molecule has 0 unspecified atom stereocenters. The Morgan fingerprint density at radius 2 is 2.22 bits per heavy atom. The number of H-pyrrole nitrogens is 1. The van der Waals surface area contributed by atoms with Gasteiger partial charge in [0.15, 0.2) is 5.82 Å². The molecule has 0 saturated heterocycles. The van der Waals surface area contributed by atoms with Crippen LogP contribution in [-0.4, -0.2) is 47.7 Å². The molecule has 1 aromatic rings. The quantitative estimate of drug-likeness (QED) is 0.751. The lowest BCUT2D eigenvalue weighted by atomic mass is 10.6. The molecule has 0 saturated carbocycles. The maximum atomic E-state index is 11.7. The van der Waals surface area contributed by atoms with Crippen LogP contribution in [0.2, 0.25) is 0 Å². The molecule has 18 heavy (non-hydrogen) atoms. The molecule has 0 radical (unpaired) electrons. The number of carbonyl (C=O) groups is 1. The Morgan fingerprint density at radius 3 is 2.72 bits per heavy atom. The van der Waals surface area contributed by atoms with E-state index in [-0.39, 0.29) is 13.2 Å². The van der Waals surface area contributed by atoms with E-state index >= 15 is 0 Å².